The van der Waals surface area contributed by atoms with E-state index in [-0.39, 0.29) is 0 Å². The van der Waals surface area contributed by atoms with Gasteiger partial charge in [0.15, 0.2) is 0 Å². The Kier molecular flexibility index (Phi) is 4.88. The molecule has 0 aliphatic carbocycles. The summed E-state index contributed by atoms with van der Waals surface area (Å²) in [6, 6.07) is 8.39. The Bertz CT molecular complexity index is 688. The Morgan fingerprint density at radius 2 is 1.96 bits per heavy atom. The highest BCUT2D eigenvalue weighted by Crippen LogP contribution is 2.27. The molecule has 4 rings (SSSR count). The molecule has 0 atom stereocenters. The summed E-state index contributed by atoms with van der Waals surface area (Å²) in [6.45, 7) is 5.82. The number of hydrogen-bond donors (Lipinski definition) is 0. The van der Waals surface area contributed by atoms with Crippen molar-refractivity contribution in [2.24, 2.45) is 5.92 Å². The number of ether oxygens (including phenoxy) is 1. The summed E-state index contributed by atoms with van der Waals surface area (Å²) in [5.74, 6) is 2.22. The van der Waals surface area contributed by atoms with Crippen LogP contribution in [0, 0.1) is 5.92 Å². The Labute approximate surface area is 148 Å². The van der Waals surface area contributed by atoms with Crippen molar-refractivity contribution in [1.82, 2.24) is 15.0 Å². The quantitative estimate of drug-likeness (QED) is 0.832. The predicted molar refractivity (Wildman–Crippen MR) is 96.9 cm³/mol. The molecule has 2 saturated heterocycles. The fourth-order valence-electron chi connectivity index (χ4n) is 3.86. The monoisotopic (exact) mass is 342 g/mol. The first kappa shape index (κ1) is 16.4. The van der Waals surface area contributed by atoms with Gasteiger partial charge in [-0.25, -0.2) is 0 Å². The van der Waals surface area contributed by atoms with Gasteiger partial charge in [0.1, 0.15) is 5.75 Å². The SMILES string of the molecule is COc1cccc(-c2noc(N3CCC(CN4CCCC4)CC3)n2)c1. The second kappa shape index (κ2) is 7.44. The standard InChI is InChI=1S/C19H26N4O2/c1-24-17-6-4-5-16(13-17)18-20-19(25-21-18)23-11-7-15(8-12-23)14-22-9-2-3-10-22/h4-6,13,15H,2-3,7-12,14H2,1H3. The van der Waals surface area contributed by atoms with E-state index in [9.17, 15) is 0 Å². The average Bonchev–Trinajstić information content (AvgIpc) is 3.34. The fourth-order valence-corrected chi connectivity index (χ4v) is 3.86. The zero-order chi connectivity index (χ0) is 17.1. The molecule has 6 nitrogen and oxygen atoms in total. The molecular formula is C19H26N4O2. The van der Waals surface area contributed by atoms with Crippen LogP contribution in [0.25, 0.3) is 11.4 Å². The number of hydrogen-bond acceptors (Lipinski definition) is 6. The Morgan fingerprint density at radius 1 is 1.16 bits per heavy atom. The highest BCUT2D eigenvalue weighted by molar-refractivity contribution is 5.58. The van der Waals surface area contributed by atoms with Crippen LogP contribution in [-0.4, -0.2) is 54.9 Å². The third-order valence-electron chi connectivity index (χ3n) is 5.34. The lowest BCUT2D eigenvalue weighted by Crippen LogP contribution is -2.38. The maximum absolute atomic E-state index is 5.51. The van der Waals surface area contributed by atoms with E-state index in [1.807, 2.05) is 24.3 Å². The molecule has 0 bridgehead atoms. The number of likely N-dealkylation sites (tertiary alicyclic amines) is 1. The van der Waals surface area contributed by atoms with Gasteiger partial charge < -0.3 is 19.1 Å². The zero-order valence-electron chi connectivity index (χ0n) is 14.9. The summed E-state index contributed by atoms with van der Waals surface area (Å²) in [5, 5.41) is 4.15. The lowest BCUT2D eigenvalue weighted by Gasteiger charge is -2.32. The Morgan fingerprint density at radius 3 is 2.72 bits per heavy atom. The molecule has 0 radical (unpaired) electrons. The first-order chi connectivity index (χ1) is 12.3. The van der Waals surface area contributed by atoms with E-state index in [0.29, 0.717) is 11.8 Å². The van der Waals surface area contributed by atoms with Crippen LogP contribution in [0.1, 0.15) is 25.7 Å². The second-order valence-corrected chi connectivity index (χ2v) is 7.07. The Hall–Kier alpha value is -2.08. The van der Waals surface area contributed by atoms with Crippen LogP contribution in [0.4, 0.5) is 6.01 Å². The van der Waals surface area contributed by atoms with Gasteiger partial charge in [0, 0.05) is 25.2 Å². The molecule has 134 valence electrons. The van der Waals surface area contributed by atoms with Crippen LogP contribution in [0.2, 0.25) is 0 Å². The van der Waals surface area contributed by atoms with Crippen molar-refractivity contribution in [3.63, 3.8) is 0 Å². The zero-order valence-corrected chi connectivity index (χ0v) is 14.9. The van der Waals surface area contributed by atoms with Crippen LogP contribution in [0.5, 0.6) is 5.75 Å². The van der Waals surface area contributed by atoms with Crippen molar-refractivity contribution in [3.8, 4) is 17.1 Å². The molecule has 6 heteroatoms. The number of methoxy groups -OCH3 is 1. The van der Waals surface area contributed by atoms with Gasteiger partial charge in [-0.3, -0.25) is 0 Å². The van der Waals surface area contributed by atoms with Crippen LogP contribution >= 0.6 is 0 Å². The van der Waals surface area contributed by atoms with E-state index < -0.39 is 0 Å². The van der Waals surface area contributed by atoms with Gasteiger partial charge in [0.25, 0.3) is 0 Å². The molecule has 2 aliphatic heterocycles. The first-order valence-electron chi connectivity index (χ1n) is 9.27. The van der Waals surface area contributed by atoms with Gasteiger partial charge >= 0.3 is 6.01 Å². The van der Waals surface area contributed by atoms with Gasteiger partial charge in [-0.15, -0.1) is 0 Å². The van der Waals surface area contributed by atoms with Crippen molar-refractivity contribution < 1.29 is 9.26 Å². The van der Waals surface area contributed by atoms with Gasteiger partial charge in [-0.05, 0) is 56.8 Å². The van der Waals surface area contributed by atoms with E-state index in [1.165, 1.54) is 45.3 Å². The molecule has 0 saturated carbocycles. The molecule has 1 aromatic heterocycles. The van der Waals surface area contributed by atoms with Crippen molar-refractivity contribution in [2.75, 3.05) is 44.7 Å². The molecule has 2 fully saturated rings. The number of rotatable bonds is 5. The van der Waals surface area contributed by atoms with Crippen molar-refractivity contribution >= 4 is 6.01 Å². The summed E-state index contributed by atoms with van der Waals surface area (Å²) >= 11 is 0. The molecule has 0 N–H and O–H groups in total. The number of anilines is 1. The van der Waals surface area contributed by atoms with Crippen LogP contribution in [-0.2, 0) is 0 Å². The number of nitrogens with zero attached hydrogens (tertiary/aromatic N) is 4. The number of aromatic nitrogens is 2. The van der Waals surface area contributed by atoms with Crippen LogP contribution in [0.15, 0.2) is 28.8 Å². The van der Waals surface area contributed by atoms with Gasteiger partial charge in [-0.2, -0.15) is 4.98 Å². The second-order valence-electron chi connectivity index (χ2n) is 7.07. The largest absolute Gasteiger partial charge is 0.497 e. The average molecular weight is 342 g/mol. The molecule has 1 aromatic carbocycles. The predicted octanol–water partition coefficient (Wildman–Crippen LogP) is 3.06. The smallest absolute Gasteiger partial charge is 0.324 e. The number of piperidine rings is 1. The lowest BCUT2D eigenvalue weighted by atomic mass is 9.96. The van der Waals surface area contributed by atoms with E-state index in [2.05, 4.69) is 19.9 Å². The van der Waals surface area contributed by atoms with Gasteiger partial charge in [-0.1, -0.05) is 17.3 Å². The normalized spacial score (nSPS) is 19.5. The van der Waals surface area contributed by atoms with E-state index >= 15 is 0 Å². The maximum Gasteiger partial charge on any atom is 0.324 e. The Balaban J connectivity index is 1.36. The maximum atomic E-state index is 5.51. The minimum atomic E-state index is 0.619. The van der Waals surface area contributed by atoms with E-state index in [4.69, 9.17) is 9.26 Å². The third-order valence-corrected chi connectivity index (χ3v) is 5.34. The molecular weight excluding hydrogens is 316 g/mol. The van der Waals surface area contributed by atoms with E-state index in [0.717, 1.165) is 30.3 Å². The van der Waals surface area contributed by atoms with Crippen molar-refractivity contribution in [3.05, 3.63) is 24.3 Å². The summed E-state index contributed by atoms with van der Waals surface area (Å²) in [6.07, 6.45) is 5.14. The number of benzene rings is 1. The molecule has 0 spiro atoms. The lowest BCUT2D eigenvalue weighted by molar-refractivity contribution is 0.246. The summed E-state index contributed by atoms with van der Waals surface area (Å²) in [4.78, 5) is 9.43. The minimum absolute atomic E-state index is 0.619. The fraction of sp³-hybridized carbons (Fsp3) is 0.579. The van der Waals surface area contributed by atoms with Crippen LogP contribution < -0.4 is 9.64 Å². The molecule has 3 heterocycles. The summed E-state index contributed by atoms with van der Waals surface area (Å²) in [7, 11) is 1.66. The third kappa shape index (κ3) is 3.79. The summed E-state index contributed by atoms with van der Waals surface area (Å²) < 4.78 is 10.8. The highest BCUT2D eigenvalue weighted by atomic mass is 16.5. The van der Waals surface area contributed by atoms with Crippen LogP contribution in [0.3, 0.4) is 0 Å². The highest BCUT2D eigenvalue weighted by Gasteiger charge is 2.25. The van der Waals surface area contributed by atoms with Crippen molar-refractivity contribution in [1.29, 1.82) is 0 Å². The van der Waals surface area contributed by atoms with Crippen molar-refractivity contribution in [2.45, 2.75) is 25.7 Å². The van der Waals surface area contributed by atoms with Gasteiger partial charge in [0.2, 0.25) is 5.82 Å². The van der Waals surface area contributed by atoms with E-state index in [1.54, 1.807) is 7.11 Å². The summed E-state index contributed by atoms with van der Waals surface area (Å²) in [5.41, 5.74) is 0.915. The minimum Gasteiger partial charge on any atom is -0.497 e. The molecule has 25 heavy (non-hydrogen) atoms. The first-order valence-corrected chi connectivity index (χ1v) is 9.27. The molecule has 0 amide bonds. The molecule has 2 aliphatic rings. The molecule has 2 aromatic rings. The molecule has 0 unspecified atom stereocenters. The topological polar surface area (TPSA) is 54.6 Å². The van der Waals surface area contributed by atoms with Gasteiger partial charge in [0.05, 0.1) is 7.11 Å².